The standard InChI is InChI=1S/C12H12N3/c1-9-3-5-13-10-4-6-15-8-7-14(2)12(15)11(9)10/h3-8H,1-2H3/q+1. The van der Waals surface area contributed by atoms with Gasteiger partial charge in [0.25, 0.3) is 5.65 Å². The third kappa shape index (κ3) is 1.06. The Hall–Kier alpha value is -1.90. The van der Waals surface area contributed by atoms with Crippen molar-refractivity contribution in [1.82, 2.24) is 9.38 Å². The van der Waals surface area contributed by atoms with Crippen molar-refractivity contribution >= 4 is 16.6 Å². The van der Waals surface area contributed by atoms with Crippen molar-refractivity contribution in [1.29, 1.82) is 0 Å². The van der Waals surface area contributed by atoms with Gasteiger partial charge in [0.2, 0.25) is 0 Å². The highest BCUT2D eigenvalue weighted by atomic mass is 15.1. The van der Waals surface area contributed by atoms with Crippen LogP contribution in [0.3, 0.4) is 0 Å². The van der Waals surface area contributed by atoms with Gasteiger partial charge in [-0.25, -0.2) is 8.97 Å². The van der Waals surface area contributed by atoms with Crippen molar-refractivity contribution in [3.8, 4) is 0 Å². The van der Waals surface area contributed by atoms with Crippen LogP contribution in [-0.4, -0.2) is 9.38 Å². The molecule has 15 heavy (non-hydrogen) atoms. The number of rotatable bonds is 0. The molecule has 3 aromatic heterocycles. The van der Waals surface area contributed by atoms with Crippen LogP contribution in [-0.2, 0) is 7.05 Å². The quantitative estimate of drug-likeness (QED) is 0.503. The summed E-state index contributed by atoms with van der Waals surface area (Å²) in [5.74, 6) is 0. The van der Waals surface area contributed by atoms with Crippen LogP contribution < -0.4 is 4.57 Å². The van der Waals surface area contributed by atoms with Crippen molar-refractivity contribution in [2.45, 2.75) is 6.92 Å². The maximum absolute atomic E-state index is 4.39. The van der Waals surface area contributed by atoms with Gasteiger partial charge in [0.05, 0.1) is 24.1 Å². The molecule has 0 fully saturated rings. The van der Waals surface area contributed by atoms with Crippen LogP contribution in [0.15, 0.2) is 36.9 Å². The van der Waals surface area contributed by atoms with E-state index in [2.05, 4.69) is 52.4 Å². The second-order valence-electron chi connectivity index (χ2n) is 3.84. The summed E-state index contributed by atoms with van der Waals surface area (Å²) in [6.45, 7) is 2.12. The molecule has 74 valence electrons. The van der Waals surface area contributed by atoms with Crippen LogP contribution in [0.4, 0.5) is 0 Å². The molecule has 3 heterocycles. The smallest absolute Gasteiger partial charge is 0.256 e. The second kappa shape index (κ2) is 2.79. The van der Waals surface area contributed by atoms with Crippen LogP contribution in [0, 0.1) is 6.92 Å². The van der Waals surface area contributed by atoms with Gasteiger partial charge in [-0.15, -0.1) is 0 Å². The molecule has 0 aliphatic carbocycles. The summed E-state index contributed by atoms with van der Waals surface area (Å²) < 4.78 is 4.24. The minimum absolute atomic E-state index is 1.05. The largest absolute Gasteiger partial charge is 0.295 e. The number of hydrogen-bond acceptors (Lipinski definition) is 1. The molecule has 0 aliphatic rings. The summed E-state index contributed by atoms with van der Waals surface area (Å²) >= 11 is 0. The van der Waals surface area contributed by atoms with Gasteiger partial charge in [0.15, 0.2) is 0 Å². The zero-order chi connectivity index (χ0) is 10.4. The Kier molecular flexibility index (Phi) is 1.57. The first-order valence-corrected chi connectivity index (χ1v) is 4.98. The van der Waals surface area contributed by atoms with E-state index < -0.39 is 0 Å². The van der Waals surface area contributed by atoms with Gasteiger partial charge in [-0.1, -0.05) is 0 Å². The van der Waals surface area contributed by atoms with Gasteiger partial charge in [0.1, 0.15) is 12.4 Å². The Morgan fingerprint density at radius 3 is 3.00 bits per heavy atom. The molecule has 0 atom stereocenters. The molecule has 3 nitrogen and oxygen atoms in total. The van der Waals surface area contributed by atoms with E-state index in [0.717, 1.165) is 5.52 Å². The lowest BCUT2D eigenvalue weighted by Crippen LogP contribution is -2.26. The van der Waals surface area contributed by atoms with Crippen LogP contribution in [0.5, 0.6) is 0 Å². The highest BCUT2D eigenvalue weighted by Gasteiger charge is 2.12. The normalized spacial score (nSPS) is 11.3. The van der Waals surface area contributed by atoms with Crippen LogP contribution in [0.2, 0.25) is 0 Å². The first-order chi connectivity index (χ1) is 7.27. The lowest BCUT2D eigenvalue weighted by atomic mass is 10.1. The maximum Gasteiger partial charge on any atom is 0.295 e. The topological polar surface area (TPSA) is 21.2 Å². The molecule has 3 aromatic rings. The van der Waals surface area contributed by atoms with E-state index in [0.29, 0.717) is 0 Å². The molecule has 0 bridgehead atoms. The number of nitrogens with zero attached hydrogens (tertiary/aromatic N) is 3. The number of hydrogen-bond donors (Lipinski definition) is 0. The first kappa shape index (κ1) is 8.41. The van der Waals surface area contributed by atoms with Gasteiger partial charge < -0.3 is 0 Å². The third-order valence-electron chi connectivity index (χ3n) is 2.83. The molecule has 0 N–H and O–H groups in total. The summed E-state index contributed by atoms with van der Waals surface area (Å²) in [7, 11) is 2.06. The highest BCUT2D eigenvalue weighted by molar-refractivity contribution is 5.92. The Balaban J connectivity index is 2.68. The lowest BCUT2D eigenvalue weighted by molar-refractivity contribution is -0.643. The lowest BCUT2D eigenvalue weighted by Gasteiger charge is -1.99. The molecule has 0 saturated heterocycles. The monoisotopic (exact) mass is 198 g/mol. The van der Waals surface area contributed by atoms with Crippen molar-refractivity contribution in [3.63, 3.8) is 0 Å². The average molecular weight is 198 g/mol. The Labute approximate surface area is 87.6 Å². The van der Waals surface area contributed by atoms with E-state index in [1.165, 1.54) is 16.6 Å². The van der Waals surface area contributed by atoms with Crippen molar-refractivity contribution < 1.29 is 4.57 Å². The molecule has 0 amide bonds. The SMILES string of the molecule is Cc1ccnc2ccn3cc[n+](C)c3c12. The fraction of sp³-hybridized carbons (Fsp3) is 0.167. The maximum atomic E-state index is 4.39. The molecule has 3 heteroatoms. The zero-order valence-corrected chi connectivity index (χ0v) is 8.81. The number of aryl methyl sites for hydroxylation is 2. The summed E-state index contributed by atoms with van der Waals surface area (Å²) in [6, 6.07) is 4.10. The van der Waals surface area contributed by atoms with Crippen molar-refractivity contribution in [3.05, 3.63) is 42.5 Å². The van der Waals surface area contributed by atoms with E-state index in [-0.39, 0.29) is 0 Å². The molecule has 0 saturated carbocycles. The molecule has 0 aromatic carbocycles. The summed E-state index contributed by atoms with van der Waals surface area (Å²) in [4.78, 5) is 4.39. The van der Waals surface area contributed by atoms with Crippen LogP contribution in [0.1, 0.15) is 5.56 Å². The fourth-order valence-electron chi connectivity index (χ4n) is 2.07. The first-order valence-electron chi connectivity index (χ1n) is 4.98. The van der Waals surface area contributed by atoms with Crippen molar-refractivity contribution in [2.75, 3.05) is 0 Å². The molecule has 0 spiro atoms. The van der Waals surface area contributed by atoms with Gasteiger partial charge in [-0.3, -0.25) is 4.98 Å². The zero-order valence-electron chi connectivity index (χ0n) is 8.81. The number of imidazole rings is 1. The predicted octanol–water partition coefficient (Wildman–Crippen LogP) is 1.62. The molecule has 0 aliphatic heterocycles. The van der Waals surface area contributed by atoms with Crippen molar-refractivity contribution in [2.24, 2.45) is 7.05 Å². The summed E-state index contributed by atoms with van der Waals surface area (Å²) in [5.41, 5.74) is 3.51. The second-order valence-corrected chi connectivity index (χ2v) is 3.84. The Morgan fingerprint density at radius 2 is 2.13 bits per heavy atom. The van der Waals surface area contributed by atoms with E-state index >= 15 is 0 Å². The Morgan fingerprint density at radius 1 is 1.27 bits per heavy atom. The van der Waals surface area contributed by atoms with Crippen LogP contribution in [0.25, 0.3) is 16.6 Å². The van der Waals surface area contributed by atoms with E-state index in [1.807, 2.05) is 12.4 Å². The minimum Gasteiger partial charge on any atom is -0.256 e. The van der Waals surface area contributed by atoms with E-state index in [1.54, 1.807) is 0 Å². The molecule has 0 unspecified atom stereocenters. The molecule has 0 radical (unpaired) electrons. The van der Waals surface area contributed by atoms with E-state index in [9.17, 15) is 0 Å². The minimum atomic E-state index is 1.05. The number of fused-ring (bicyclic) bond motifs is 3. The highest BCUT2D eigenvalue weighted by Crippen LogP contribution is 2.19. The predicted molar refractivity (Wildman–Crippen MR) is 58.6 cm³/mol. The van der Waals surface area contributed by atoms with Crippen LogP contribution >= 0.6 is 0 Å². The van der Waals surface area contributed by atoms with Gasteiger partial charge in [0, 0.05) is 12.3 Å². The molecular weight excluding hydrogens is 186 g/mol. The fourth-order valence-corrected chi connectivity index (χ4v) is 2.07. The average Bonchev–Trinajstić information content (AvgIpc) is 2.61. The van der Waals surface area contributed by atoms with Gasteiger partial charge >= 0.3 is 0 Å². The molecule has 3 rings (SSSR count). The summed E-state index contributed by atoms with van der Waals surface area (Å²) in [6.07, 6.45) is 8.02. The molecular formula is C12H12N3+. The number of aromatic nitrogens is 3. The third-order valence-corrected chi connectivity index (χ3v) is 2.83. The van der Waals surface area contributed by atoms with E-state index in [4.69, 9.17) is 0 Å². The Bertz CT molecular complexity index is 652. The van der Waals surface area contributed by atoms with Gasteiger partial charge in [-0.2, -0.15) is 0 Å². The van der Waals surface area contributed by atoms with Gasteiger partial charge in [-0.05, 0) is 18.6 Å². The summed E-state index contributed by atoms with van der Waals surface area (Å²) in [5, 5.41) is 1.23. The number of pyridine rings is 2.